The van der Waals surface area contributed by atoms with Gasteiger partial charge in [0.25, 0.3) is 0 Å². The van der Waals surface area contributed by atoms with Crippen molar-refractivity contribution in [3.8, 4) is 5.75 Å². The molecule has 0 fully saturated rings. The summed E-state index contributed by atoms with van der Waals surface area (Å²) in [5.41, 5.74) is 0.911. The van der Waals surface area contributed by atoms with Gasteiger partial charge in [0.05, 0.1) is 18.6 Å². The minimum atomic E-state index is -3.73. The third kappa shape index (κ3) is 6.35. The molecule has 0 atom stereocenters. The van der Waals surface area contributed by atoms with Crippen LogP contribution in [0, 0.1) is 5.92 Å². The third-order valence-electron chi connectivity index (χ3n) is 4.31. The molecule has 28 heavy (non-hydrogen) atoms. The zero-order valence-electron chi connectivity index (χ0n) is 16.6. The molecular weight excluding hydrogens is 376 g/mol. The number of carbonyl (C=O) groups excluding carboxylic acids is 1. The highest BCUT2D eigenvalue weighted by Crippen LogP contribution is 2.17. The van der Waals surface area contributed by atoms with Gasteiger partial charge < -0.3 is 10.1 Å². The molecule has 0 heterocycles. The maximum Gasteiger partial charge on any atom is 0.243 e. The second-order valence-electron chi connectivity index (χ2n) is 6.96. The Kier molecular flexibility index (Phi) is 8.02. The lowest BCUT2D eigenvalue weighted by Crippen LogP contribution is -2.41. The van der Waals surface area contributed by atoms with Crippen molar-refractivity contribution >= 4 is 15.9 Å². The van der Waals surface area contributed by atoms with Crippen LogP contribution in [-0.4, -0.2) is 38.8 Å². The number of ether oxygens (including phenoxy) is 1. The van der Waals surface area contributed by atoms with Gasteiger partial charge in [-0.2, -0.15) is 4.31 Å². The standard InChI is InChI=1S/C21H28N2O4S/c1-17(2)13-14-23(28(25,26)20-7-5-4-6-8-20)16-21(24)22-15-18-9-11-19(27-3)12-10-18/h4-12,17H,13-16H2,1-3H3,(H,22,24). The largest absolute Gasteiger partial charge is 0.497 e. The monoisotopic (exact) mass is 404 g/mol. The van der Waals surface area contributed by atoms with E-state index in [4.69, 9.17) is 4.74 Å². The number of amides is 1. The Morgan fingerprint density at radius 3 is 2.29 bits per heavy atom. The lowest BCUT2D eigenvalue weighted by atomic mass is 10.1. The minimum Gasteiger partial charge on any atom is -0.497 e. The number of nitrogens with zero attached hydrogens (tertiary/aromatic N) is 1. The quantitative estimate of drug-likeness (QED) is 0.660. The summed E-state index contributed by atoms with van der Waals surface area (Å²) in [6.07, 6.45) is 0.678. The Balaban J connectivity index is 2.05. The number of sulfonamides is 1. The Bertz CT molecular complexity index is 850. The fourth-order valence-electron chi connectivity index (χ4n) is 2.59. The number of benzene rings is 2. The van der Waals surface area contributed by atoms with Crippen LogP contribution in [0.4, 0.5) is 0 Å². The summed E-state index contributed by atoms with van der Waals surface area (Å²) in [4.78, 5) is 12.6. The Labute approximate surface area is 167 Å². The zero-order valence-corrected chi connectivity index (χ0v) is 17.4. The summed E-state index contributed by atoms with van der Waals surface area (Å²) < 4.78 is 32.3. The first kappa shape index (κ1) is 21.9. The number of rotatable bonds is 10. The maximum atomic E-state index is 13.0. The van der Waals surface area contributed by atoms with Crippen LogP contribution in [0.3, 0.4) is 0 Å². The van der Waals surface area contributed by atoms with E-state index in [0.29, 0.717) is 25.4 Å². The molecule has 6 nitrogen and oxygen atoms in total. The van der Waals surface area contributed by atoms with E-state index in [1.165, 1.54) is 4.31 Å². The molecule has 0 saturated heterocycles. The first-order valence-corrected chi connectivity index (χ1v) is 10.7. The van der Waals surface area contributed by atoms with Gasteiger partial charge >= 0.3 is 0 Å². The van der Waals surface area contributed by atoms with Crippen molar-refractivity contribution in [2.75, 3.05) is 20.2 Å². The van der Waals surface area contributed by atoms with Crippen molar-refractivity contribution in [3.63, 3.8) is 0 Å². The third-order valence-corrected chi connectivity index (χ3v) is 6.16. The molecule has 2 rings (SSSR count). The van der Waals surface area contributed by atoms with Crippen LogP contribution >= 0.6 is 0 Å². The normalized spacial score (nSPS) is 11.6. The summed E-state index contributed by atoms with van der Waals surface area (Å²) in [5.74, 6) is 0.735. The average molecular weight is 405 g/mol. The van der Waals surface area contributed by atoms with E-state index in [9.17, 15) is 13.2 Å². The van der Waals surface area contributed by atoms with Crippen LogP contribution in [0.15, 0.2) is 59.5 Å². The predicted octanol–water partition coefficient (Wildman–Crippen LogP) is 3.05. The highest BCUT2D eigenvalue weighted by molar-refractivity contribution is 7.89. The van der Waals surface area contributed by atoms with Crippen molar-refractivity contribution in [1.29, 1.82) is 0 Å². The Hall–Kier alpha value is -2.38. The molecule has 0 aliphatic heterocycles. The number of nitrogens with one attached hydrogen (secondary N) is 1. The van der Waals surface area contributed by atoms with Gasteiger partial charge in [-0.05, 0) is 42.2 Å². The first-order valence-electron chi connectivity index (χ1n) is 9.27. The van der Waals surface area contributed by atoms with Crippen LogP contribution in [0.1, 0.15) is 25.8 Å². The van der Waals surface area contributed by atoms with Crippen LogP contribution in [0.5, 0.6) is 5.75 Å². The molecular formula is C21H28N2O4S. The topological polar surface area (TPSA) is 75.7 Å². The zero-order chi connectivity index (χ0) is 20.6. The van der Waals surface area contributed by atoms with Crippen molar-refractivity contribution in [3.05, 3.63) is 60.2 Å². The molecule has 7 heteroatoms. The smallest absolute Gasteiger partial charge is 0.243 e. The summed E-state index contributed by atoms with van der Waals surface area (Å²) >= 11 is 0. The molecule has 1 N–H and O–H groups in total. The second kappa shape index (κ2) is 10.2. The van der Waals surface area contributed by atoms with Crippen LogP contribution in [0.2, 0.25) is 0 Å². The molecule has 0 aliphatic carbocycles. The van der Waals surface area contributed by atoms with Gasteiger partial charge in [0.1, 0.15) is 5.75 Å². The number of hydrogen-bond acceptors (Lipinski definition) is 4. The summed E-state index contributed by atoms with van der Waals surface area (Å²) in [7, 11) is -2.13. The SMILES string of the molecule is COc1ccc(CNC(=O)CN(CCC(C)C)S(=O)(=O)c2ccccc2)cc1. The van der Waals surface area contributed by atoms with Crippen LogP contribution in [0.25, 0.3) is 0 Å². The van der Waals surface area contributed by atoms with Crippen molar-refractivity contribution in [2.45, 2.75) is 31.7 Å². The Morgan fingerprint density at radius 2 is 1.71 bits per heavy atom. The van der Waals surface area contributed by atoms with E-state index in [1.54, 1.807) is 37.4 Å². The summed E-state index contributed by atoms with van der Waals surface area (Å²) in [6.45, 7) is 4.46. The Morgan fingerprint density at radius 1 is 1.07 bits per heavy atom. The average Bonchev–Trinajstić information content (AvgIpc) is 2.70. The number of hydrogen-bond donors (Lipinski definition) is 1. The van der Waals surface area contributed by atoms with E-state index in [-0.39, 0.29) is 17.3 Å². The van der Waals surface area contributed by atoms with E-state index in [2.05, 4.69) is 5.32 Å². The fraction of sp³-hybridized carbons (Fsp3) is 0.381. The molecule has 0 aromatic heterocycles. The molecule has 2 aromatic rings. The number of carbonyl (C=O) groups is 1. The predicted molar refractivity (Wildman–Crippen MR) is 109 cm³/mol. The molecule has 152 valence electrons. The minimum absolute atomic E-state index is 0.196. The fourth-order valence-corrected chi connectivity index (χ4v) is 4.02. The van der Waals surface area contributed by atoms with Crippen LogP contribution in [-0.2, 0) is 21.4 Å². The van der Waals surface area contributed by atoms with Gasteiger partial charge in [-0.3, -0.25) is 4.79 Å². The van der Waals surface area contributed by atoms with Gasteiger partial charge in [0.15, 0.2) is 0 Å². The van der Waals surface area contributed by atoms with Crippen molar-refractivity contribution in [1.82, 2.24) is 9.62 Å². The van der Waals surface area contributed by atoms with Gasteiger partial charge in [-0.25, -0.2) is 8.42 Å². The summed E-state index contributed by atoms with van der Waals surface area (Å²) in [5, 5.41) is 2.79. The second-order valence-corrected chi connectivity index (χ2v) is 8.90. The van der Waals surface area contributed by atoms with Gasteiger partial charge in [-0.1, -0.05) is 44.2 Å². The molecule has 0 aliphatic rings. The molecule has 0 unspecified atom stereocenters. The maximum absolute atomic E-state index is 13.0. The van der Waals surface area contributed by atoms with E-state index in [0.717, 1.165) is 11.3 Å². The van der Waals surface area contributed by atoms with E-state index in [1.807, 2.05) is 38.1 Å². The molecule has 0 bridgehead atoms. The van der Waals surface area contributed by atoms with E-state index < -0.39 is 10.0 Å². The molecule has 0 saturated carbocycles. The summed E-state index contributed by atoms with van der Waals surface area (Å²) in [6, 6.07) is 15.6. The van der Waals surface area contributed by atoms with Gasteiger partial charge in [0, 0.05) is 13.1 Å². The van der Waals surface area contributed by atoms with Gasteiger partial charge in [0.2, 0.25) is 15.9 Å². The highest BCUT2D eigenvalue weighted by Gasteiger charge is 2.26. The van der Waals surface area contributed by atoms with Crippen LogP contribution < -0.4 is 10.1 Å². The molecule has 0 spiro atoms. The molecule has 0 radical (unpaired) electrons. The first-order chi connectivity index (χ1) is 13.3. The number of methoxy groups -OCH3 is 1. The van der Waals surface area contributed by atoms with E-state index >= 15 is 0 Å². The highest BCUT2D eigenvalue weighted by atomic mass is 32.2. The molecule has 1 amide bonds. The molecule has 2 aromatic carbocycles. The lowest BCUT2D eigenvalue weighted by molar-refractivity contribution is -0.121. The van der Waals surface area contributed by atoms with Gasteiger partial charge in [-0.15, -0.1) is 0 Å². The lowest BCUT2D eigenvalue weighted by Gasteiger charge is -2.22. The van der Waals surface area contributed by atoms with Crippen molar-refractivity contribution < 1.29 is 17.9 Å². The van der Waals surface area contributed by atoms with Crippen molar-refractivity contribution in [2.24, 2.45) is 5.92 Å².